The third kappa shape index (κ3) is 5.73. The minimum Gasteiger partial charge on any atom is -0.481 e. The number of amides is 1. The van der Waals surface area contributed by atoms with E-state index in [0.29, 0.717) is 5.75 Å². The minimum atomic E-state index is -0.872. The van der Waals surface area contributed by atoms with Crippen molar-refractivity contribution >= 4 is 12.1 Å². The van der Waals surface area contributed by atoms with Crippen molar-refractivity contribution in [2.24, 2.45) is 11.3 Å². The largest absolute Gasteiger partial charge is 0.481 e. The van der Waals surface area contributed by atoms with Gasteiger partial charge in [0.05, 0.1) is 6.42 Å². The van der Waals surface area contributed by atoms with Crippen LogP contribution < -0.4 is 10.1 Å². The Balaban J connectivity index is 2.50. The molecule has 110 valence electrons. The van der Waals surface area contributed by atoms with Crippen LogP contribution in [0.15, 0.2) is 30.3 Å². The van der Waals surface area contributed by atoms with Crippen LogP contribution in [-0.4, -0.2) is 23.7 Å². The van der Waals surface area contributed by atoms with Gasteiger partial charge in [0.25, 0.3) is 0 Å². The van der Waals surface area contributed by atoms with Crippen molar-refractivity contribution in [3.8, 4) is 5.75 Å². The zero-order chi connectivity index (χ0) is 15.2. The second-order valence-corrected chi connectivity index (χ2v) is 5.74. The monoisotopic (exact) mass is 279 g/mol. The molecule has 0 saturated carbocycles. The van der Waals surface area contributed by atoms with E-state index in [1.165, 1.54) is 0 Å². The first-order valence-corrected chi connectivity index (χ1v) is 6.51. The van der Waals surface area contributed by atoms with E-state index in [9.17, 15) is 9.59 Å². The Bertz CT molecular complexity index is 451. The Kier molecular flexibility index (Phi) is 5.55. The fourth-order valence-corrected chi connectivity index (χ4v) is 1.73. The number of carboxylic acid groups (broad SMARTS) is 1. The van der Waals surface area contributed by atoms with Gasteiger partial charge in [-0.15, -0.1) is 0 Å². The average Bonchev–Trinajstić information content (AvgIpc) is 2.34. The molecule has 1 unspecified atom stereocenters. The Labute approximate surface area is 118 Å². The maximum absolute atomic E-state index is 11.6. The summed E-state index contributed by atoms with van der Waals surface area (Å²) in [6.07, 6.45) is -0.564. The number of rotatable bonds is 5. The second-order valence-electron chi connectivity index (χ2n) is 5.74. The van der Waals surface area contributed by atoms with Gasteiger partial charge in [0, 0.05) is 6.54 Å². The van der Waals surface area contributed by atoms with Gasteiger partial charge in [-0.1, -0.05) is 39.0 Å². The Morgan fingerprint density at radius 3 is 2.35 bits per heavy atom. The smallest absolute Gasteiger partial charge is 0.412 e. The Morgan fingerprint density at radius 1 is 1.25 bits per heavy atom. The molecule has 5 heteroatoms. The zero-order valence-corrected chi connectivity index (χ0v) is 12.1. The van der Waals surface area contributed by atoms with Crippen LogP contribution in [0.3, 0.4) is 0 Å². The lowest BCUT2D eigenvalue weighted by Crippen LogP contribution is -2.37. The van der Waals surface area contributed by atoms with Gasteiger partial charge in [0.2, 0.25) is 0 Å². The van der Waals surface area contributed by atoms with Crippen LogP contribution in [0, 0.1) is 11.3 Å². The number of benzene rings is 1. The minimum absolute atomic E-state index is 0.00904. The van der Waals surface area contributed by atoms with Gasteiger partial charge in [-0.25, -0.2) is 4.79 Å². The van der Waals surface area contributed by atoms with Crippen LogP contribution in [0.2, 0.25) is 0 Å². The second kappa shape index (κ2) is 6.93. The molecule has 2 N–H and O–H groups in total. The van der Waals surface area contributed by atoms with E-state index in [0.717, 1.165) is 0 Å². The predicted octanol–water partition coefficient (Wildman–Crippen LogP) is 2.91. The molecule has 0 spiro atoms. The van der Waals surface area contributed by atoms with Gasteiger partial charge in [0.15, 0.2) is 0 Å². The molecular weight excluding hydrogens is 258 g/mol. The number of hydrogen-bond donors (Lipinski definition) is 2. The summed E-state index contributed by atoms with van der Waals surface area (Å²) in [6.45, 7) is 6.11. The van der Waals surface area contributed by atoms with Crippen molar-refractivity contribution in [1.29, 1.82) is 0 Å². The SMILES string of the molecule is CC(C)(C)C(CNC(=O)Oc1ccccc1)CC(=O)O. The first-order valence-electron chi connectivity index (χ1n) is 6.51. The maximum atomic E-state index is 11.6. The molecule has 0 aliphatic carbocycles. The van der Waals surface area contributed by atoms with Gasteiger partial charge in [-0.2, -0.15) is 0 Å². The van der Waals surface area contributed by atoms with E-state index in [1.54, 1.807) is 24.3 Å². The third-order valence-electron chi connectivity index (χ3n) is 3.09. The lowest BCUT2D eigenvalue weighted by atomic mass is 9.79. The van der Waals surface area contributed by atoms with E-state index in [1.807, 2.05) is 26.8 Å². The molecule has 0 aliphatic rings. The molecule has 20 heavy (non-hydrogen) atoms. The lowest BCUT2D eigenvalue weighted by molar-refractivity contribution is -0.139. The molecule has 1 aromatic rings. The number of carbonyl (C=O) groups excluding carboxylic acids is 1. The summed E-state index contributed by atoms with van der Waals surface area (Å²) in [5, 5.41) is 11.5. The lowest BCUT2D eigenvalue weighted by Gasteiger charge is -2.29. The zero-order valence-electron chi connectivity index (χ0n) is 12.1. The van der Waals surface area contributed by atoms with Crippen molar-refractivity contribution < 1.29 is 19.4 Å². The molecular formula is C15H21NO4. The van der Waals surface area contributed by atoms with E-state index in [-0.39, 0.29) is 24.3 Å². The molecule has 0 radical (unpaired) electrons. The quantitative estimate of drug-likeness (QED) is 0.869. The molecule has 1 rings (SSSR count). The summed E-state index contributed by atoms with van der Waals surface area (Å²) < 4.78 is 5.08. The summed E-state index contributed by atoms with van der Waals surface area (Å²) in [5.41, 5.74) is -0.210. The fraction of sp³-hybridized carbons (Fsp3) is 0.467. The van der Waals surface area contributed by atoms with Crippen molar-refractivity contribution in [2.45, 2.75) is 27.2 Å². The number of para-hydroxylation sites is 1. The third-order valence-corrected chi connectivity index (χ3v) is 3.09. The fourth-order valence-electron chi connectivity index (χ4n) is 1.73. The molecule has 1 atom stereocenters. The van der Waals surface area contributed by atoms with Crippen molar-refractivity contribution in [1.82, 2.24) is 5.32 Å². The standard InChI is InChI=1S/C15H21NO4/c1-15(2,3)11(9-13(17)18)10-16-14(19)20-12-7-5-4-6-8-12/h4-8,11H,9-10H2,1-3H3,(H,16,19)(H,17,18). The first-order chi connectivity index (χ1) is 9.29. The highest BCUT2D eigenvalue weighted by Gasteiger charge is 2.27. The average molecular weight is 279 g/mol. The summed E-state index contributed by atoms with van der Waals surface area (Å²) in [7, 11) is 0. The molecule has 0 bridgehead atoms. The van der Waals surface area contributed by atoms with Gasteiger partial charge in [-0.05, 0) is 23.5 Å². The highest BCUT2D eigenvalue weighted by Crippen LogP contribution is 2.28. The molecule has 0 heterocycles. The number of carboxylic acids is 1. The molecule has 0 saturated heterocycles. The van der Waals surface area contributed by atoms with Gasteiger partial charge < -0.3 is 15.2 Å². The number of ether oxygens (including phenoxy) is 1. The maximum Gasteiger partial charge on any atom is 0.412 e. The summed E-state index contributed by atoms with van der Waals surface area (Å²) in [6, 6.07) is 8.72. The summed E-state index contributed by atoms with van der Waals surface area (Å²) in [4.78, 5) is 22.5. The molecule has 1 amide bonds. The Morgan fingerprint density at radius 2 is 1.85 bits per heavy atom. The summed E-state index contributed by atoms with van der Waals surface area (Å²) in [5.74, 6) is -0.581. The van der Waals surface area contributed by atoms with Crippen LogP contribution in [0.25, 0.3) is 0 Å². The van der Waals surface area contributed by atoms with E-state index >= 15 is 0 Å². The molecule has 1 aromatic carbocycles. The van der Waals surface area contributed by atoms with Crippen LogP contribution in [0.1, 0.15) is 27.2 Å². The summed E-state index contributed by atoms with van der Waals surface area (Å²) >= 11 is 0. The van der Waals surface area contributed by atoms with Crippen LogP contribution >= 0.6 is 0 Å². The van der Waals surface area contributed by atoms with Crippen LogP contribution in [0.5, 0.6) is 5.75 Å². The van der Waals surface area contributed by atoms with E-state index in [4.69, 9.17) is 9.84 Å². The highest BCUT2D eigenvalue weighted by atomic mass is 16.6. The number of nitrogens with one attached hydrogen (secondary N) is 1. The van der Waals surface area contributed by atoms with Gasteiger partial charge >= 0.3 is 12.1 Å². The molecule has 5 nitrogen and oxygen atoms in total. The first kappa shape index (κ1) is 16.0. The van der Waals surface area contributed by atoms with Gasteiger partial charge in [0.1, 0.15) is 5.75 Å². The molecule has 0 aromatic heterocycles. The van der Waals surface area contributed by atoms with Crippen LogP contribution in [0.4, 0.5) is 4.79 Å². The van der Waals surface area contributed by atoms with E-state index in [2.05, 4.69) is 5.32 Å². The normalized spacial score (nSPS) is 12.6. The Hall–Kier alpha value is -2.04. The van der Waals surface area contributed by atoms with Gasteiger partial charge in [-0.3, -0.25) is 4.79 Å². The highest BCUT2D eigenvalue weighted by molar-refractivity contribution is 5.70. The van der Waals surface area contributed by atoms with Crippen molar-refractivity contribution in [2.75, 3.05) is 6.54 Å². The number of aliphatic carboxylic acids is 1. The molecule has 0 aliphatic heterocycles. The number of carbonyl (C=O) groups is 2. The van der Waals surface area contributed by atoms with Crippen molar-refractivity contribution in [3.63, 3.8) is 0 Å². The van der Waals surface area contributed by atoms with Crippen molar-refractivity contribution in [3.05, 3.63) is 30.3 Å². The molecule has 0 fully saturated rings. The van der Waals surface area contributed by atoms with E-state index < -0.39 is 12.1 Å². The van der Waals surface area contributed by atoms with Crippen LogP contribution in [-0.2, 0) is 4.79 Å². The predicted molar refractivity (Wildman–Crippen MR) is 75.7 cm³/mol. The number of hydrogen-bond acceptors (Lipinski definition) is 3. The topological polar surface area (TPSA) is 75.6 Å².